The van der Waals surface area contributed by atoms with Crippen LogP contribution in [0.5, 0.6) is 0 Å². The van der Waals surface area contributed by atoms with E-state index in [4.69, 9.17) is 5.73 Å². The summed E-state index contributed by atoms with van der Waals surface area (Å²) in [5.74, 6) is -0.0817. The molecule has 0 fully saturated rings. The number of hydrogen-bond acceptors (Lipinski definition) is 3. The van der Waals surface area contributed by atoms with Crippen LogP contribution in [0, 0.1) is 0 Å². The number of anilines is 2. The van der Waals surface area contributed by atoms with Gasteiger partial charge in [0.05, 0.1) is 0 Å². The average molecular weight is 250 g/mol. The Bertz CT molecular complexity index is 420. The van der Waals surface area contributed by atoms with E-state index in [0.29, 0.717) is 24.5 Å². The summed E-state index contributed by atoms with van der Waals surface area (Å²) in [4.78, 5) is 22.6. The van der Waals surface area contributed by atoms with E-state index in [-0.39, 0.29) is 18.4 Å². The van der Waals surface area contributed by atoms with Crippen LogP contribution in [-0.4, -0.2) is 25.0 Å². The first-order chi connectivity index (χ1) is 8.61. The lowest BCUT2D eigenvalue weighted by molar-refractivity contribution is -0.120. The van der Waals surface area contributed by atoms with Crippen LogP contribution < -0.4 is 21.7 Å². The van der Waals surface area contributed by atoms with Crippen molar-refractivity contribution in [1.29, 1.82) is 0 Å². The third-order valence-corrected chi connectivity index (χ3v) is 2.16. The van der Waals surface area contributed by atoms with E-state index in [1.54, 1.807) is 24.3 Å². The number of nitrogens with one attached hydrogen (secondary N) is 3. The molecule has 0 heterocycles. The number of nitrogen functional groups attached to an aromatic ring is 1. The Morgan fingerprint density at radius 1 is 1.28 bits per heavy atom. The maximum Gasteiger partial charge on any atom is 0.319 e. The standard InChI is InChI=1S/C12H18N4O2/c1-2-14-11(17)6-7-15-12(18)16-10-5-3-4-9(13)8-10/h3-5,8H,2,6-7,13H2,1H3,(H,14,17)(H2,15,16,18). The van der Waals surface area contributed by atoms with Gasteiger partial charge in [-0.2, -0.15) is 0 Å². The fraction of sp³-hybridized carbons (Fsp3) is 0.333. The molecule has 0 atom stereocenters. The van der Waals surface area contributed by atoms with E-state index in [9.17, 15) is 9.59 Å². The highest BCUT2D eigenvalue weighted by molar-refractivity contribution is 5.90. The summed E-state index contributed by atoms with van der Waals surface area (Å²) >= 11 is 0. The molecule has 1 aromatic rings. The first-order valence-corrected chi connectivity index (χ1v) is 5.79. The molecule has 0 saturated heterocycles. The van der Waals surface area contributed by atoms with E-state index in [0.717, 1.165) is 0 Å². The summed E-state index contributed by atoms with van der Waals surface area (Å²) in [7, 11) is 0. The van der Waals surface area contributed by atoms with Crippen LogP contribution >= 0.6 is 0 Å². The lowest BCUT2D eigenvalue weighted by Crippen LogP contribution is -2.33. The molecule has 0 saturated carbocycles. The third kappa shape index (κ3) is 5.20. The smallest absolute Gasteiger partial charge is 0.319 e. The van der Waals surface area contributed by atoms with Crippen LogP contribution in [0.1, 0.15) is 13.3 Å². The van der Waals surface area contributed by atoms with Crippen molar-refractivity contribution in [2.75, 3.05) is 24.1 Å². The molecule has 18 heavy (non-hydrogen) atoms. The van der Waals surface area contributed by atoms with Gasteiger partial charge in [-0.05, 0) is 25.1 Å². The van der Waals surface area contributed by atoms with Crippen LogP contribution in [0.3, 0.4) is 0 Å². The molecule has 0 unspecified atom stereocenters. The molecule has 0 aliphatic heterocycles. The lowest BCUT2D eigenvalue weighted by Gasteiger charge is -2.08. The molecule has 0 bridgehead atoms. The van der Waals surface area contributed by atoms with Crippen molar-refractivity contribution in [2.24, 2.45) is 0 Å². The lowest BCUT2D eigenvalue weighted by atomic mass is 10.3. The maximum atomic E-state index is 11.5. The second-order valence-corrected chi connectivity index (χ2v) is 3.71. The number of carbonyl (C=O) groups excluding carboxylic acids is 2. The van der Waals surface area contributed by atoms with Gasteiger partial charge >= 0.3 is 6.03 Å². The van der Waals surface area contributed by atoms with Crippen LogP contribution in [0.4, 0.5) is 16.2 Å². The maximum absolute atomic E-state index is 11.5. The summed E-state index contributed by atoms with van der Waals surface area (Å²) in [6.45, 7) is 2.73. The highest BCUT2D eigenvalue weighted by Crippen LogP contribution is 2.11. The normalized spacial score (nSPS) is 9.61. The molecular formula is C12H18N4O2. The van der Waals surface area contributed by atoms with Gasteiger partial charge in [0.2, 0.25) is 5.91 Å². The van der Waals surface area contributed by atoms with Gasteiger partial charge in [-0.1, -0.05) is 6.07 Å². The van der Waals surface area contributed by atoms with Crippen LogP contribution in [0.25, 0.3) is 0 Å². The van der Waals surface area contributed by atoms with E-state index in [2.05, 4.69) is 16.0 Å². The monoisotopic (exact) mass is 250 g/mol. The SMILES string of the molecule is CCNC(=O)CCNC(=O)Nc1cccc(N)c1. The minimum atomic E-state index is -0.357. The van der Waals surface area contributed by atoms with Crippen molar-refractivity contribution < 1.29 is 9.59 Å². The number of rotatable bonds is 5. The van der Waals surface area contributed by atoms with Crippen LogP contribution in [0.15, 0.2) is 24.3 Å². The van der Waals surface area contributed by atoms with Gasteiger partial charge in [-0.25, -0.2) is 4.79 Å². The Hall–Kier alpha value is -2.24. The Kier molecular flexibility index (Phi) is 5.50. The van der Waals surface area contributed by atoms with E-state index in [1.807, 2.05) is 6.92 Å². The highest BCUT2D eigenvalue weighted by Gasteiger charge is 2.03. The topological polar surface area (TPSA) is 96.2 Å². The number of benzene rings is 1. The van der Waals surface area contributed by atoms with Gasteiger partial charge in [0.15, 0.2) is 0 Å². The predicted octanol–water partition coefficient (Wildman–Crippen LogP) is 0.916. The Morgan fingerprint density at radius 3 is 2.72 bits per heavy atom. The van der Waals surface area contributed by atoms with Gasteiger partial charge in [0.25, 0.3) is 0 Å². The number of amides is 3. The Balaban J connectivity index is 2.28. The van der Waals surface area contributed by atoms with Crippen molar-refractivity contribution in [1.82, 2.24) is 10.6 Å². The zero-order valence-corrected chi connectivity index (χ0v) is 10.3. The molecule has 0 aliphatic rings. The molecule has 1 rings (SSSR count). The van der Waals surface area contributed by atoms with E-state index < -0.39 is 0 Å². The fourth-order valence-corrected chi connectivity index (χ4v) is 1.37. The summed E-state index contributed by atoms with van der Waals surface area (Å²) in [6.07, 6.45) is 0.262. The zero-order chi connectivity index (χ0) is 13.4. The molecule has 3 amide bonds. The van der Waals surface area contributed by atoms with Gasteiger partial charge in [-0.15, -0.1) is 0 Å². The van der Waals surface area contributed by atoms with E-state index >= 15 is 0 Å². The third-order valence-electron chi connectivity index (χ3n) is 2.16. The molecule has 5 N–H and O–H groups in total. The highest BCUT2D eigenvalue weighted by atomic mass is 16.2. The van der Waals surface area contributed by atoms with Crippen molar-refractivity contribution in [3.8, 4) is 0 Å². The minimum absolute atomic E-state index is 0.0817. The fourth-order valence-electron chi connectivity index (χ4n) is 1.37. The van der Waals surface area contributed by atoms with Gasteiger partial charge in [0.1, 0.15) is 0 Å². The summed E-state index contributed by atoms with van der Waals surface area (Å²) < 4.78 is 0. The Morgan fingerprint density at radius 2 is 2.06 bits per heavy atom. The van der Waals surface area contributed by atoms with Gasteiger partial charge < -0.3 is 21.7 Å². The van der Waals surface area contributed by atoms with E-state index in [1.165, 1.54) is 0 Å². The number of carbonyl (C=O) groups is 2. The largest absolute Gasteiger partial charge is 0.399 e. The van der Waals surface area contributed by atoms with Gasteiger partial charge in [0, 0.05) is 30.9 Å². The van der Waals surface area contributed by atoms with Crippen LogP contribution in [0.2, 0.25) is 0 Å². The van der Waals surface area contributed by atoms with Crippen LogP contribution in [-0.2, 0) is 4.79 Å². The van der Waals surface area contributed by atoms with Crippen molar-refractivity contribution in [3.63, 3.8) is 0 Å². The second kappa shape index (κ2) is 7.16. The number of urea groups is 1. The first kappa shape index (κ1) is 13.8. The van der Waals surface area contributed by atoms with Crippen molar-refractivity contribution in [2.45, 2.75) is 13.3 Å². The molecule has 6 heteroatoms. The molecule has 0 aliphatic carbocycles. The Labute approximate surface area is 106 Å². The molecule has 0 spiro atoms. The van der Waals surface area contributed by atoms with Crippen molar-refractivity contribution in [3.05, 3.63) is 24.3 Å². The van der Waals surface area contributed by atoms with Gasteiger partial charge in [-0.3, -0.25) is 4.79 Å². The molecule has 1 aromatic carbocycles. The summed E-state index contributed by atoms with van der Waals surface area (Å²) in [5, 5.41) is 7.86. The average Bonchev–Trinajstić information content (AvgIpc) is 2.29. The zero-order valence-electron chi connectivity index (χ0n) is 10.3. The quantitative estimate of drug-likeness (QED) is 0.585. The molecule has 6 nitrogen and oxygen atoms in total. The molecular weight excluding hydrogens is 232 g/mol. The van der Waals surface area contributed by atoms with Crippen molar-refractivity contribution >= 4 is 23.3 Å². The predicted molar refractivity (Wildman–Crippen MR) is 71.2 cm³/mol. The minimum Gasteiger partial charge on any atom is -0.399 e. The molecule has 0 radical (unpaired) electrons. The second-order valence-electron chi connectivity index (χ2n) is 3.71. The summed E-state index contributed by atoms with van der Waals surface area (Å²) in [6, 6.07) is 6.52. The molecule has 98 valence electrons. The summed E-state index contributed by atoms with van der Waals surface area (Å²) in [5.41, 5.74) is 6.78. The number of nitrogens with two attached hydrogens (primary N) is 1. The number of hydrogen-bond donors (Lipinski definition) is 4. The first-order valence-electron chi connectivity index (χ1n) is 5.79. The molecule has 0 aromatic heterocycles.